The Labute approximate surface area is 83.2 Å². The van der Waals surface area contributed by atoms with Crippen LogP contribution in [0.2, 0.25) is 0 Å². The van der Waals surface area contributed by atoms with Crippen LogP contribution < -0.4 is 4.89 Å². The zero-order chi connectivity index (χ0) is 10.6. The summed E-state index contributed by atoms with van der Waals surface area (Å²) in [5, 5.41) is 8.25. The third-order valence-electron chi connectivity index (χ3n) is 1.61. The topological polar surface area (TPSA) is 32.3 Å². The average Bonchev–Trinajstić information content (AvgIpc) is 2.14. The van der Waals surface area contributed by atoms with E-state index in [1.54, 1.807) is 4.89 Å². The second-order valence-electron chi connectivity index (χ2n) is 2.53. The molecule has 0 aliphatic carbocycles. The Kier molecular flexibility index (Phi) is 3.79. The molecule has 0 heterocycles. The molecular weight excluding hydrogens is 215 g/mol. The van der Waals surface area contributed by atoms with E-state index in [2.05, 4.69) is 0 Å². The van der Waals surface area contributed by atoms with Gasteiger partial charge in [-0.2, -0.15) is 13.2 Å². The molecular formula is C8H8F3NOS. The van der Waals surface area contributed by atoms with E-state index in [1.807, 2.05) is 0 Å². The number of benzene rings is 1. The minimum Gasteiger partial charge on any atom is -0.306 e. The predicted octanol–water partition coefficient (Wildman–Crippen LogP) is 2.83. The second kappa shape index (κ2) is 4.68. The van der Waals surface area contributed by atoms with Crippen molar-refractivity contribution in [2.75, 3.05) is 0 Å². The molecule has 0 amide bonds. The quantitative estimate of drug-likeness (QED) is 0.610. The first-order valence-electron chi connectivity index (χ1n) is 3.71. The summed E-state index contributed by atoms with van der Waals surface area (Å²) in [6.45, 7) is 0. The monoisotopic (exact) mass is 223 g/mol. The SMILES string of the molecule is ONSCc1ccccc1C(F)(F)F. The van der Waals surface area contributed by atoms with Crippen LogP contribution in [0.5, 0.6) is 0 Å². The third-order valence-corrected chi connectivity index (χ3v) is 2.20. The van der Waals surface area contributed by atoms with Crippen LogP contribution in [0.25, 0.3) is 0 Å². The standard InChI is InChI=1S/C8H8F3NOS/c9-8(10,11)7-4-2-1-3-6(7)5-14-12-13/h1-4,12-13H,5H2. The van der Waals surface area contributed by atoms with E-state index in [1.165, 1.54) is 18.2 Å². The number of nitrogens with one attached hydrogen (secondary N) is 1. The van der Waals surface area contributed by atoms with Gasteiger partial charge in [-0.3, -0.25) is 0 Å². The van der Waals surface area contributed by atoms with Crippen molar-refractivity contribution in [2.24, 2.45) is 0 Å². The lowest BCUT2D eigenvalue weighted by Gasteiger charge is -2.11. The Hall–Kier alpha value is -0.720. The lowest BCUT2D eigenvalue weighted by atomic mass is 10.1. The molecule has 0 fully saturated rings. The van der Waals surface area contributed by atoms with Gasteiger partial charge in [0.2, 0.25) is 0 Å². The highest BCUT2D eigenvalue weighted by molar-refractivity contribution is 7.96. The summed E-state index contributed by atoms with van der Waals surface area (Å²) < 4.78 is 37.2. The van der Waals surface area contributed by atoms with Gasteiger partial charge < -0.3 is 5.21 Å². The van der Waals surface area contributed by atoms with Gasteiger partial charge in [0.05, 0.1) is 5.56 Å². The number of hydrogen-bond acceptors (Lipinski definition) is 3. The molecule has 0 radical (unpaired) electrons. The molecule has 78 valence electrons. The Balaban J connectivity index is 2.92. The molecule has 0 aliphatic heterocycles. The van der Waals surface area contributed by atoms with Crippen molar-refractivity contribution in [1.29, 1.82) is 0 Å². The van der Waals surface area contributed by atoms with E-state index in [4.69, 9.17) is 5.21 Å². The minimum absolute atomic E-state index is 0.0617. The Morgan fingerprint density at radius 2 is 1.93 bits per heavy atom. The van der Waals surface area contributed by atoms with Crippen molar-refractivity contribution < 1.29 is 18.4 Å². The maximum Gasteiger partial charge on any atom is 0.416 e. The molecule has 0 atom stereocenters. The van der Waals surface area contributed by atoms with Gasteiger partial charge >= 0.3 is 6.18 Å². The average molecular weight is 223 g/mol. The zero-order valence-electron chi connectivity index (χ0n) is 7.01. The highest BCUT2D eigenvalue weighted by Crippen LogP contribution is 2.32. The van der Waals surface area contributed by atoms with Gasteiger partial charge in [0.15, 0.2) is 0 Å². The second-order valence-corrected chi connectivity index (χ2v) is 3.29. The summed E-state index contributed by atoms with van der Waals surface area (Å²) in [7, 11) is 0. The molecule has 1 aromatic rings. The zero-order valence-corrected chi connectivity index (χ0v) is 7.82. The van der Waals surface area contributed by atoms with E-state index in [-0.39, 0.29) is 11.3 Å². The summed E-state index contributed by atoms with van der Waals surface area (Å²) in [4.78, 5) is 1.74. The molecule has 0 unspecified atom stereocenters. The van der Waals surface area contributed by atoms with Crippen molar-refractivity contribution in [3.05, 3.63) is 35.4 Å². The number of hydrogen-bond donors (Lipinski definition) is 2. The molecule has 0 aromatic heterocycles. The highest BCUT2D eigenvalue weighted by Gasteiger charge is 2.32. The lowest BCUT2D eigenvalue weighted by Crippen LogP contribution is -2.09. The van der Waals surface area contributed by atoms with E-state index >= 15 is 0 Å². The van der Waals surface area contributed by atoms with Crippen LogP contribution in [0.1, 0.15) is 11.1 Å². The van der Waals surface area contributed by atoms with Crippen molar-refractivity contribution in [1.82, 2.24) is 4.89 Å². The maximum atomic E-state index is 12.4. The first-order chi connectivity index (χ1) is 6.55. The number of alkyl halides is 3. The Morgan fingerprint density at radius 3 is 2.50 bits per heavy atom. The van der Waals surface area contributed by atoms with E-state index in [0.717, 1.165) is 18.0 Å². The minimum atomic E-state index is -4.34. The van der Waals surface area contributed by atoms with Crippen molar-refractivity contribution in [3.63, 3.8) is 0 Å². The van der Waals surface area contributed by atoms with Gasteiger partial charge in [0.25, 0.3) is 0 Å². The Morgan fingerprint density at radius 1 is 1.29 bits per heavy atom. The van der Waals surface area contributed by atoms with Crippen molar-refractivity contribution in [3.8, 4) is 0 Å². The van der Waals surface area contributed by atoms with Crippen LogP contribution in [0, 0.1) is 0 Å². The van der Waals surface area contributed by atoms with Crippen LogP contribution in [0.4, 0.5) is 13.2 Å². The molecule has 14 heavy (non-hydrogen) atoms. The fourth-order valence-electron chi connectivity index (χ4n) is 1.03. The van der Waals surface area contributed by atoms with Crippen LogP contribution in [0.15, 0.2) is 24.3 Å². The van der Waals surface area contributed by atoms with Gasteiger partial charge in [-0.15, -0.1) is 4.89 Å². The van der Waals surface area contributed by atoms with Gasteiger partial charge in [0.1, 0.15) is 0 Å². The molecule has 0 aliphatic rings. The summed E-state index contributed by atoms with van der Waals surface area (Å²) in [6.07, 6.45) is -4.34. The molecule has 0 saturated heterocycles. The van der Waals surface area contributed by atoms with Crippen molar-refractivity contribution in [2.45, 2.75) is 11.9 Å². The first kappa shape index (κ1) is 11.4. The fourth-order valence-corrected chi connectivity index (χ4v) is 1.50. The molecule has 6 heteroatoms. The van der Waals surface area contributed by atoms with Crippen LogP contribution in [-0.4, -0.2) is 5.21 Å². The van der Waals surface area contributed by atoms with Gasteiger partial charge in [0, 0.05) is 5.75 Å². The van der Waals surface area contributed by atoms with Crippen molar-refractivity contribution >= 4 is 11.9 Å². The Bertz CT molecular complexity index is 303. The van der Waals surface area contributed by atoms with Crippen LogP contribution in [0.3, 0.4) is 0 Å². The third kappa shape index (κ3) is 2.90. The van der Waals surface area contributed by atoms with E-state index in [0.29, 0.717) is 0 Å². The molecule has 2 N–H and O–H groups in total. The smallest absolute Gasteiger partial charge is 0.306 e. The molecule has 0 saturated carbocycles. The molecule has 2 nitrogen and oxygen atoms in total. The van der Waals surface area contributed by atoms with Crippen LogP contribution >= 0.6 is 11.9 Å². The van der Waals surface area contributed by atoms with Crippen LogP contribution in [-0.2, 0) is 11.9 Å². The van der Waals surface area contributed by atoms with Gasteiger partial charge in [-0.05, 0) is 11.6 Å². The van der Waals surface area contributed by atoms with E-state index in [9.17, 15) is 13.2 Å². The largest absolute Gasteiger partial charge is 0.416 e. The number of halogens is 3. The summed E-state index contributed by atoms with van der Waals surface area (Å²) in [6, 6.07) is 5.27. The molecule has 1 aromatic carbocycles. The summed E-state index contributed by atoms with van der Waals surface area (Å²) >= 11 is 0.797. The van der Waals surface area contributed by atoms with E-state index < -0.39 is 11.7 Å². The van der Waals surface area contributed by atoms with Gasteiger partial charge in [-0.1, -0.05) is 30.1 Å². The maximum absolute atomic E-state index is 12.4. The normalized spacial score (nSPS) is 11.7. The molecule has 0 spiro atoms. The summed E-state index contributed by atoms with van der Waals surface area (Å²) in [5.41, 5.74) is -0.519. The first-order valence-corrected chi connectivity index (χ1v) is 4.70. The molecule has 1 rings (SSSR count). The fraction of sp³-hybridized carbons (Fsp3) is 0.250. The lowest BCUT2D eigenvalue weighted by molar-refractivity contribution is -0.138. The summed E-state index contributed by atoms with van der Waals surface area (Å²) in [5.74, 6) is 0.0617. The highest BCUT2D eigenvalue weighted by atomic mass is 32.2. The number of rotatable bonds is 3. The predicted molar refractivity (Wildman–Crippen MR) is 47.7 cm³/mol. The molecule has 0 bridgehead atoms. The van der Waals surface area contributed by atoms with Gasteiger partial charge in [-0.25, -0.2) is 0 Å².